The molecule has 0 aromatic heterocycles. The Hall–Kier alpha value is -1.26. The van der Waals surface area contributed by atoms with Crippen LogP contribution in [-0.4, -0.2) is 44.3 Å². The summed E-state index contributed by atoms with van der Waals surface area (Å²) in [5, 5.41) is 3.67. The fourth-order valence-corrected chi connectivity index (χ4v) is 2.86. The van der Waals surface area contributed by atoms with Crippen LogP contribution in [0.1, 0.15) is 24.8 Å². The predicted octanol–water partition coefficient (Wildman–Crippen LogP) is 2.03. The van der Waals surface area contributed by atoms with Crippen molar-refractivity contribution < 1.29 is 9.47 Å². The maximum Gasteiger partial charge on any atom is 0.165 e. The van der Waals surface area contributed by atoms with Gasteiger partial charge in [-0.25, -0.2) is 0 Å². The summed E-state index contributed by atoms with van der Waals surface area (Å²) >= 11 is 0. The number of hydrogen-bond acceptors (Lipinski definition) is 4. The Bertz CT molecular complexity index is 442. The van der Waals surface area contributed by atoms with E-state index in [9.17, 15) is 0 Å². The van der Waals surface area contributed by atoms with E-state index >= 15 is 0 Å². The lowest BCUT2D eigenvalue weighted by molar-refractivity contribution is 0.233. The molecule has 1 aromatic rings. The number of likely N-dealkylation sites (tertiary alicyclic amines) is 1. The van der Waals surface area contributed by atoms with Crippen molar-refractivity contribution in [3.05, 3.63) is 23.8 Å². The van der Waals surface area contributed by atoms with E-state index in [1.165, 1.54) is 31.5 Å². The highest BCUT2D eigenvalue weighted by molar-refractivity contribution is 5.47. The fourth-order valence-electron chi connectivity index (χ4n) is 2.86. The number of hydrogen-bond donors (Lipinski definition) is 1. The average Bonchev–Trinajstić information content (AvgIpc) is 2.72. The molecule has 0 aliphatic carbocycles. The van der Waals surface area contributed by atoms with Crippen molar-refractivity contribution in [1.82, 2.24) is 10.2 Å². The van der Waals surface area contributed by atoms with Crippen LogP contribution in [0.3, 0.4) is 0 Å². The SMILES string of the molecule is CN1CCC(NCc2cccc3c2OCCCO3)CC1. The monoisotopic (exact) mass is 276 g/mol. The summed E-state index contributed by atoms with van der Waals surface area (Å²) in [6.45, 7) is 4.73. The second kappa shape index (κ2) is 6.46. The van der Waals surface area contributed by atoms with Crippen LogP contribution in [0.4, 0.5) is 0 Å². The molecule has 2 aliphatic heterocycles. The van der Waals surface area contributed by atoms with Crippen LogP contribution in [0.2, 0.25) is 0 Å². The van der Waals surface area contributed by atoms with Gasteiger partial charge >= 0.3 is 0 Å². The normalized spacial score (nSPS) is 20.6. The molecule has 0 saturated carbocycles. The van der Waals surface area contributed by atoms with Gasteiger partial charge in [0.15, 0.2) is 11.5 Å². The Morgan fingerprint density at radius 2 is 2.00 bits per heavy atom. The molecular weight excluding hydrogens is 252 g/mol. The van der Waals surface area contributed by atoms with Crippen molar-refractivity contribution in [3.63, 3.8) is 0 Å². The Kier molecular flexibility index (Phi) is 4.43. The average molecular weight is 276 g/mol. The summed E-state index contributed by atoms with van der Waals surface area (Å²) in [6, 6.07) is 6.81. The molecule has 110 valence electrons. The third-order valence-electron chi connectivity index (χ3n) is 4.15. The van der Waals surface area contributed by atoms with E-state index in [2.05, 4.69) is 29.4 Å². The predicted molar refractivity (Wildman–Crippen MR) is 79.4 cm³/mol. The molecule has 4 nitrogen and oxygen atoms in total. The van der Waals surface area contributed by atoms with Crippen LogP contribution < -0.4 is 14.8 Å². The van der Waals surface area contributed by atoms with E-state index in [0.717, 1.165) is 37.7 Å². The molecule has 1 aromatic carbocycles. The second-order valence-corrected chi connectivity index (χ2v) is 5.75. The highest BCUT2D eigenvalue weighted by Crippen LogP contribution is 2.33. The summed E-state index contributed by atoms with van der Waals surface area (Å²) in [6.07, 6.45) is 3.41. The van der Waals surface area contributed by atoms with E-state index in [1.807, 2.05) is 6.07 Å². The highest BCUT2D eigenvalue weighted by atomic mass is 16.5. The molecule has 2 heterocycles. The molecule has 0 unspecified atom stereocenters. The Morgan fingerprint density at radius 3 is 2.85 bits per heavy atom. The lowest BCUT2D eigenvalue weighted by Crippen LogP contribution is -2.40. The molecule has 0 bridgehead atoms. The van der Waals surface area contributed by atoms with Crippen LogP contribution in [0.5, 0.6) is 11.5 Å². The van der Waals surface area contributed by atoms with E-state index in [4.69, 9.17) is 9.47 Å². The van der Waals surface area contributed by atoms with Crippen molar-refractivity contribution in [2.75, 3.05) is 33.4 Å². The summed E-state index contributed by atoms with van der Waals surface area (Å²) in [5.41, 5.74) is 1.21. The number of rotatable bonds is 3. The number of ether oxygens (including phenoxy) is 2. The number of fused-ring (bicyclic) bond motifs is 1. The van der Waals surface area contributed by atoms with Gasteiger partial charge in [-0.15, -0.1) is 0 Å². The van der Waals surface area contributed by atoms with Gasteiger partial charge in [0.25, 0.3) is 0 Å². The quantitative estimate of drug-likeness (QED) is 0.916. The zero-order chi connectivity index (χ0) is 13.8. The molecule has 4 heteroatoms. The molecule has 0 radical (unpaired) electrons. The lowest BCUT2D eigenvalue weighted by atomic mass is 10.0. The highest BCUT2D eigenvalue weighted by Gasteiger charge is 2.18. The number of benzene rings is 1. The van der Waals surface area contributed by atoms with Crippen LogP contribution in [-0.2, 0) is 6.54 Å². The molecule has 1 fully saturated rings. The maximum absolute atomic E-state index is 5.86. The van der Waals surface area contributed by atoms with E-state index in [1.54, 1.807) is 0 Å². The van der Waals surface area contributed by atoms with Crippen molar-refractivity contribution in [1.29, 1.82) is 0 Å². The Morgan fingerprint density at radius 1 is 1.20 bits per heavy atom. The minimum absolute atomic E-state index is 0.619. The van der Waals surface area contributed by atoms with Crippen LogP contribution in [0, 0.1) is 0 Å². The Labute approximate surface area is 121 Å². The van der Waals surface area contributed by atoms with Gasteiger partial charge < -0.3 is 19.7 Å². The van der Waals surface area contributed by atoms with Crippen LogP contribution >= 0.6 is 0 Å². The molecule has 0 amide bonds. The summed E-state index contributed by atoms with van der Waals surface area (Å²) < 4.78 is 11.6. The van der Waals surface area contributed by atoms with Crippen molar-refractivity contribution in [2.24, 2.45) is 0 Å². The standard InChI is InChI=1S/C16H24N2O2/c1-18-8-6-14(7-9-18)17-12-13-4-2-5-15-16(13)20-11-3-10-19-15/h2,4-5,14,17H,3,6-12H2,1H3. The second-order valence-electron chi connectivity index (χ2n) is 5.75. The number of nitrogens with one attached hydrogen (secondary N) is 1. The molecule has 20 heavy (non-hydrogen) atoms. The number of nitrogens with zero attached hydrogens (tertiary/aromatic N) is 1. The fraction of sp³-hybridized carbons (Fsp3) is 0.625. The van der Waals surface area contributed by atoms with Crippen molar-refractivity contribution in [3.8, 4) is 11.5 Å². The van der Waals surface area contributed by atoms with Gasteiger partial charge in [-0.3, -0.25) is 0 Å². The first-order valence-corrected chi connectivity index (χ1v) is 7.62. The van der Waals surface area contributed by atoms with Crippen LogP contribution in [0.25, 0.3) is 0 Å². The van der Waals surface area contributed by atoms with Crippen LogP contribution in [0.15, 0.2) is 18.2 Å². The van der Waals surface area contributed by atoms with Gasteiger partial charge in [0.05, 0.1) is 13.2 Å². The minimum Gasteiger partial charge on any atom is -0.490 e. The molecule has 0 atom stereocenters. The van der Waals surface area contributed by atoms with E-state index in [-0.39, 0.29) is 0 Å². The summed E-state index contributed by atoms with van der Waals surface area (Å²) in [5.74, 6) is 1.83. The van der Waals surface area contributed by atoms with Crippen molar-refractivity contribution >= 4 is 0 Å². The molecule has 0 spiro atoms. The zero-order valence-electron chi connectivity index (χ0n) is 12.2. The molecular formula is C16H24N2O2. The maximum atomic E-state index is 5.86. The van der Waals surface area contributed by atoms with Gasteiger partial charge in [-0.1, -0.05) is 12.1 Å². The van der Waals surface area contributed by atoms with Gasteiger partial charge in [-0.05, 0) is 39.0 Å². The summed E-state index contributed by atoms with van der Waals surface area (Å²) in [7, 11) is 2.19. The smallest absolute Gasteiger partial charge is 0.165 e. The molecule has 3 rings (SSSR count). The summed E-state index contributed by atoms with van der Waals surface area (Å²) in [4.78, 5) is 2.39. The number of para-hydroxylation sites is 1. The first kappa shape index (κ1) is 13.7. The van der Waals surface area contributed by atoms with E-state index in [0.29, 0.717) is 6.04 Å². The first-order chi connectivity index (χ1) is 9.83. The van der Waals surface area contributed by atoms with Gasteiger partial charge in [0, 0.05) is 24.6 Å². The minimum atomic E-state index is 0.619. The largest absolute Gasteiger partial charge is 0.490 e. The topological polar surface area (TPSA) is 33.7 Å². The molecule has 2 aliphatic rings. The van der Waals surface area contributed by atoms with Gasteiger partial charge in [0.1, 0.15) is 0 Å². The Balaban J connectivity index is 1.62. The van der Waals surface area contributed by atoms with Crippen molar-refractivity contribution in [2.45, 2.75) is 31.8 Å². The van der Waals surface area contributed by atoms with Gasteiger partial charge in [-0.2, -0.15) is 0 Å². The molecule has 1 N–H and O–H groups in total. The van der Waals surface area contributed by atoms with Gasteiger partial charge in [0.2, 0.25) is 0 Å². The van der Waals surface area contributed by atoms with E-state index < -0.39 is 0 Å². The third kappa shape index (κ3) is 3.25. The zero-order valence-corrected chi connectivity index (χ0v) is 12.2. The third-order valence-corrected chi connectivity index (χ3v) is 4.15. The lowest BCUT2D eigenvalue weighted by Gasteiger charge is -2.29. The first-order valence-electron chi connectivity index (χ1n) is 7.62. The molecule has 1 saturated heterocycles. The number of piperidine rings is 1.